The molecule has 0 unspecified atom stereocenters. The first kappa shape index (κ1) is 15.4. The Bertz CT molecular complexity index is 747. The molecule has 124 valence electrons. The Morgan fingerprint density at radius 2 is 2.25 bits per heavy atom. The number of nitrogens with zero attached hydrogens (tertiary/aromatic N) is 3. The highest BCUT2D eigenvalue weighted by atomic mass is 32.2. The van der Waals surface area contributed by atoms with Gasteiger partial charge in [0.15, 0.2) is 0 Å². The van der Waals surface area contributed by atoms with E-state index in [1.165, 1.54) is 0 Å². The second-order valence-corrected chi connectivity index (χ2v) is 7.99. The van der Waals surface area contributed by atoms with Crippen LogP contribution in [0.2, 0.25) is 0 Å². The second kappa shape index (κ2) is 6.09. The molecule has 2 aromatic heterocycles. The molecule has 2 saturated heterocycles. The number of thioether (sulfide) groups is 1. The number of hydrogen-bond acceptors (Lipinski definition) is 5. The van der Waals surface area contributed by atoms with Gasteiger partial charge in [-0.3, -0.25) is 14.8 Å². The molecule has 6 heteroatoms. The maximum atomic E-state index is 12.5. The van der Waals surface area contributed by atoms with Crippen LogP contribution in [-0.4, -0.2) is 50.5 Å². The van der Waals surface area contributed by atoms with E-state index in [0.717, 1.165) is 36.6 Å². The minimum absolute atomic E-state index is 0.0292. The molecule has 1 spiro atoms. The molecule has 0 radical (unpaired) electrons. The molecule has 4 heterocycles. The summed E-state index contributed by atoms with van der Waals surface area (Å²) in [7, 11) is 0. The monoisotopic (exact) mass is 341 g/mol. The Labute approximate surface area is 145 Å². The summed E-state index contributed by atoms with van der Waals surface area (Å²) in [5.41, 5.74) is 1.60. The molecule has 0 aromatic carbocycles. The van der Waals surface area contributed by atoms with Crippen molar-refractivity contribution in [3.05, 3.63) is 54.1 Å². The maximum absolute atomic E-state index is 12.5. The Hall–Kier alpha value is -2.08. The van der Waals surface area contributed by atoms with Crippen molar-refractivity contribution in [2.24, 2.45) is 0 Å². The van der Waals surface area contributed by atoms with Crippen molar-refractivity contribution >= 4 is 17.7 Å². The van der Waals surface area contributed by atoms with E-state index in [0.29, 0.717) is 5.69 Å². The topological polar surface area (TPSA) is 55.3 Å². The zero-order valence-corrected chi connectivity index (χ0v) is 14.3. The summed E-state index contributed by atoms with van der Waals surface area (Å²) in [6.07, 6.45) is 6.34. The Morgan fingerprint density at radius 3 is 3.00 bits per heavy atom. The molecule has 0 saturated carbocycles. The highest BCUT2D eigenvalue weighted by molar-refractivity contribution is 8.01. The highest BCUT2D eigenvalue weighted by Crippen LogP contribution is 2.46. The fourth-order valence-corrected chi connectivity index (χ4v) is 4.84. The van der Waals surface area contributed by atoms with Gasteiger partial charge in [-0.2, -0.15) is 0 Å². The quantitative estimate of drug-likeness (QED) is 0.859. The zero-order valence-electron chi connectivity index (χ0n) is 13.5. The van der Waals surface area contributed by atoms with E-state index in [4.69, 9.17) is 4.74 Å². The molecule has 2 aliphatic heterocycles. The van der Waals surface area contributed by atoms with Crippen LogP contribution in [0.3, 0.4) is 0 Å². The van der Waals surface area contributed by atoms with Crippen LogP contribution in [0.5, 0.6) is 5.75 Å². The van der Waals surface area contributed by atoms with E-state index in [9.17, 15) is 4.79 Å². The molecule has 1 atom stereocenters. The van der Waals surface area contributed by atoms with Crippen molar-refractivity contribution in [3.63, 3.8) is 0 Å². The van der Waals surface area contributed by atoms with Gasteiger partial charge in [-0.25, -0.2) is 0 Å². The van der Waals surface area contributed by atoms with Crippen molar-refractivity contribution < 1.29 is 9.53 Å². The van der Waals surface area contributed by atoms with Crippen molar-refractivity contribution in [1.82, 2.24) is 14.9 Å². The van der Waals surface area contributed by atoms with Crippen LogP contribution >= 0.6 is 11.8 Å². The molecule has 5 nitrogen and oxygen atoms in total. The number of aryl methyl sites for hydroxylation is 1. The van der Waals surface area contributed by atoms with Crippen molar-refractivity contribution in [1.29, 1.82) is 0 Å². The van der Waals surface area contributed by atoms with Gasteiger partial charge >= 0.3 is 0 Å². The first-order chi connectivity index (χ1) is 11.6. The van der Waals surface area contributed by atoms with Crippen molar-refractivity contribution in [2.45, 2.75) is 24.2 Å². The van der Waals surface area contributed by atoms with Gasteiger partial charge in [0.05, 0.1) is 10.9 Å². The lowest BCUT2D eigenvalue weighted by atomic mass is 9.92. The average molecular weight is 341 g/mol. The van der Waals surface area contributed by atoms with E-state index in [1.54, 1.807) is 18.6 Å². The van der Waals surface area contributed by atoms with Gasteiger partial charge in [0.2, 0.25) is 0 Å². The molecule has 4 rings (SSSR count). The number of carbonyl (C=O) groups excluding carboxylic acids is 1. The largest absolute Gasteiger partial charge is 0.488 e. The molecular formula is C18H19N3O2S. The lowest BCUT2D eigenvalue weighted by Crippen LogP contribution is -2.61. The van der Waals surface area contributed by atoms with Crippen LogP contribution in [0.1, 0.15) is 22.5 Å². The van der Waals surface area contributed by atoms with Crippen LogP contribution in [0, 0.1) is 6.92 Å². The summed E-state index contributed by atoms with van der Waals surface area (Å²) in [5, 5.41) is 0. The number of amides is 1. The predicted molar refractivity (Wildman–Crippen MR) is 93.3 cm³/mol. The third-order valence-electron chi connectivity index (χ3n) is 4.49. The van der Waals surface area contributed by atoms with E-state index < -0.39 is 0 Å². The number of pyridine rings is 2. The first-order valence-corrected chi connectivity index (χ1v) is 9.05. The zero-order chi connectivity index (χ0) is 16.6. The molecule has 2 fully saturated rings. The van der Waals surface area contributed by atoms with E-state index in [1.807, 2.05) is 47.9 Å². The van der Waals surface area contributed by atoms with E-state index in [-0.39, 0.29) is 16.8 Å². The Kier molecular flexibility index (Phi) is 3.92. The van der Waals surface area contributed by atoms with Crippen molar-refractivity contribution in [2.75, 3.05) is 18.8 Å². The molecular weight excluding hydrogens is 322 g/mol. The number of likely N-dealkylation sites (tertiary alicyclic amines) is 1. The molecule has 0 bridgehead atoms. The number of hydrogen-bond donors (Lipinski definition) is 0. The fourth-order valence-electron chi connectivity index (χ4n) is 3.32. The van der Waals surface area contributed by atoms with Gasteiger partial charge in [-0.1, -0.05) is 0 Å². The van der Waals surface area contributed by atoms with Gasteiger partial charge in [0.25, 0.3) is 5.91 Å². The van der Waals surface area contributed by atoms with E-state index >= 15 is 0 Å². The minimum Gasteiger partial charge on any atom is -0.488 e. The number of ether oxygens (including phenoxy) is 1. The van der Waals surface area contributed by atoms with Crippen LogP contribution in [0.25, 0.3) is 0 Å². The summed E-state index contributed by atoms with van der Waals surface area (Å²) in [4.78, 5) is 22.7. The van der Waals surface area contributed by atoms with Gasteiger partial charge in [-0.15, -0.1) is 11.8 Å². The molecule has 1 amide bonds. The summed E-state index contributed by atoms with van der Waals surface area (Å²) in [5.74, 6) is 1.80. The number of rotatable bonds is 3. The SMILES string of the molecule is Cc1ccnc(C(=O)N2CC3(C[C@@H](Oc4cccnc4)CS3)C2)c1. The van der Waals surface area contributed by atoms with Gasteiger partial charge in [0, 0.05) is 37.7 Å². The predicted octanol–water partition coefficient (Wildman–Crippen LogP) is 2.56. The molecule has 0 aliphatic carbocycles. The molecule has 24 heavy (non-hydrogen) atoms. The third-order valence-corrected chi connectivity index (χ3v) is 6.07. The summed E-state index contributed by atoms with van der Waals surface area (Å²) >= 11 is 1.92. The molecule has 2 aliphatic rings. The molecule has 2 aromatic rings. The Balaban J connectivity index is 1.34. The highest BCUT2D eigenvalue weighted by Gasteiger charge is 2.51. The van der Waals surface area contributed by atoms with Gasteiger partial charge < -0.3 is 9.64 Å². The standard InChI is InChI=1S/C18H19N3O2S/c1-13-4-6-20-16(7-13)17(22)21-11-18(12-21)8-15(10-24-18)23-14-3-2-5-19-9-14/h2-7,9,15H,8,10-12H2,1H3/t15-/m1/s1. The lowest BCUT2D eigenvalue weighted by Gasteiger charge is -2.47. The third kappa shape index (κ3) is 2.98. The first-order valence-electron chi connectivity index (χ1n) is 8.06. The van der Waals surface area contributed by atoms with Gasteiger partial charge in [0.1, 0.15) is 17.5 Å². The van der Waals surface area contributed by atoms with Crippen LogP contribution in [0.15, 0.2) is 42.9 Å². The lowest BCUT2D eigenvalue weighted by molar-refractivity contribution is 0.0512. The van der Waals surface area contributed by atoms with Crippen LogP contribution in [0.4, 0.5) is 0 Å². The van der Waals surface area contributed by atoms with Crippen LogP contribution < -0.4 is 4.74 Å². The van der Waals surface area contributed by atoms with Gasteiger partial charge in [-0.05, 0) is 36.8 Å². The number of aromatic nitrogens is 2. The van der Waals surface area contributed by atoms with Crippen LogP contribution in [-0.2, 0) is 0 Å². The minimum atomic E-state index is 0.0292. The maximum Gasteiger partial charge on any atom is 0.272 e. The summed E-state index contributed by atoms with van der Waals surface area (Å²) < 4.78 is 6.15. The fraction of sp³-hybridized carbons (Fsp3) is 0.389. The van der Waals surface area contributed by atoms with E-state index in [2.05, 4.69) is 9.97 Å². The Morgan fingerprint density at radius 1 is 1.38 bits per heavy atom. The smallest absolute Gasteiger partial charge is 0.272 e. The van der Waals surface area contributed by atoms with Crippen molar-refractivity contribution in [3.8, 4) is 5.75 Å². The summed E-state index contributed by atoms with van der Waals surface area (Å²) in [6.45, 7) is 3.53. The molecule has 0 N–H and O–H groups in total. The second-order valence-electron chi connectivity index (χ2n) is 6.51. The average Bonchev–Trinajstić information content (AvgIpc) is 2.98. The summed E-state index contributed by atoms with van der Waals surface area (Å²) in [6, 6.07) is 7.57. The normalized spacial score (nSPS) is 21.5. The number of carbonyl (C=O) groups is 1.